The molecule has 2 aromatic carbocycles. The van der Waals surface area contributed by atoms with Crippen molar-refractivity contribution in [3.05, 3.63) is 48.2 Å². The number of nitrogens with zero attached hydrogens (tertiary/aromatic N) is 3. The molecule has 122 valence electrons. The Morgan fingerprint density at radius 2 is 1.92 bits per heavy atom. The van der Waals surface area contributed by atoms with Gasteiger partial charge in [0.1, 0.15) is 17.1 Å². The van der Waals surface area contributed by atoms with E-state index in [1.54, 1.807) is 11.8 Å². The molecule has 1 aliphatic rings. The minimum Gasteiger partial charge on any atom is -0.497 e. The van der Waals surface area contributed by atoms with E-state index in [2.05, 4.69) is 10.3 Å². The maximum Gasteiger partial charge on any atom is 0.231 e. The Morgan fingerprint density at radius 1 is 1.12 bits per heavy atom. The molecule has 4 rings (SSSR count). The predicted molar refractivity (Wildman–Crippen MR) is 85.4 cm³/mol. The second-order valence-electron chi connectivity index (χ2n) is 5.22. The summed E-state index contributed by atoms with van der Waals surface area (Å²) in [7, 11) is 1.62. The van der Waals surface area contributed by atoms with Crippen molar-refractivity contribution >= 4 is 0 Å². The Bertz CT molecular complexity index is 874. The highest BCUT2D eigenvalue weighted by Crippen LogP contribution is 2.35. The Labute approximate surface area is 138 Å². The summed E-state index contributed by atoms with van der Waals surface area (Å²) in [6, 6.07) is 13.1. The zero-order chi connectivity index (χ0) is 16.5. The molecule has 0 amide bonds. The van der Waals surface area contributed by atoms with Crippen LogP contribution in [0.2, 0.25) is 0 Å². The minimum absolute atomic E-state index is 0.202. The Hall–Kier alpha value is -3.06. The maximum absolute atomic E-state index is 9.61. The topological polar surface area (TPSA) is 78.6 Å². The molecular weight excluding hydrogens is 310 g/mol. The van der Waals surface area contributed by atoms with Crippen LogP contribution in [0, 0.1) is 0 Å². The van der Waals surface area contributed by atoms with E-state index in [4.69, 9.17) is 14.2 Å². The van der Waals surface area contributed by atoms with Gasteiger partial charge in [-0.05, 0) is 36.4 Å². The molecule has 0 radical (unpaired) electrons. The molecular formula is C17H15N3O4. The van der Waals surface area contributed by atoms with Gasteiger partial charge in [-0.25, -0.2) is 4.68 Å². The Morgan fingerprint density at radius 3 is 2.67 bits per heavy atom. The number of methoxy groups -OCH3 is 1. The van der Waals surface area contributed by atoms with Gasteiger partial charge in [-0.3, -0.25) is 0 Å². The normalized spacial score (nSPS) is 12.4. The molecule has 1 N–H and O–H groups in total. The number of ether oxygens (including phenoxy) is 3. The maximum atomic E-state index is 9.61. The van der Waals surface area contributed by atoms with Gasteiger partial charge in [0, 0.05) is 11.6 Å². The van der Waals surface area contributed by atoms with Crippen LogP contribution in [0.3, 0.4) is 0 Å². The molecule has 0 saturated heterocycles. The fourth-order valence-electron chi connectivity index (χ4n) is 2.66. The van der Waals surface area contributed by atoms with E-state index in [0.717, 1.165) is 22.7 Å². The Balaban J connectivity index is 1.83. The molecule has 0 fully saturated rings. The lowest BCUT2D eigenvalue weighted by Gasteiger charge is -2.09. The zero-order valence-corrected chi connectivity index (χ0v) is 13.0. The molecule has 3 aromatic rings. The molecule has 0 unspecified atom stereocenters. The van der Waals surface area contributed by atoms with Crippen LogP contribution < -0.4 is 14.2 Å². The molecule has 7 heteroatoms. The highest BCUT2D eigenvalue weighted by atomic mass is 16.7. The fourth-order valence-corrected chi connectivity index (χ4v) is 2.66. The lowest BCUT2D eigenvalue weighted by atomic mass is 10.1. The van der Waals surface area contributed by atoms with Gasteiger partial charge < -0.3 is 19.3 Å². The monoisotopic (exact) mass is 325 g/mol. The van der Waals surface area contributed by atoms with Crippen LogP contribution in [0.1, 0.15) is 5.69 Å². The van der Waals surface area contributed by atoms with E-state index in [1.807, 2.05) is 42.5 Å². The Kier molecular flexibility index (Phi) is 3.55. The first-order valence-corrected chi connectivity index (χ1v) is 7.40. The van der Waals surface area contributed by atoms with Crippen molar-refractivity contribution in [3.8, 4) is 34.2 Å². The van der Waals surface area contributed by atoms with E-state index >= 15 is 0 Å². The SMILES string of the molecule is COc1ccc(-c2c(CO)nnn2-c2ccc3c(c2)OCO3)cc1. The van der Waals surface area contributed by atoms with Gasteiger partial charge in [-0.1, -0.05) is 5.21 Å². The van der Waals surface area contributed by atoms with Crippen molar-refractivity contribution < 1.29 is 19.3 Å². The van der Waals surface area contributed by atoms with Crippen LogP contribution in [-0.2, 0) is 6.61 Å². The van der Waals surface area contributed by atoms with Crippen molar-refractivity contribution in [2.24, 2.45) is 0 Å². The summed E-state index contributed by atoms with van der Waals surface area (Å²) in [5.41, 5.74) is 2.87. The number of fused-ring (bicyclic) bond motifs is 1. The molecule has 1 aliphatic heterocycles. The van der Waals surface area contributed by atoms with E-state index in [0.29, 0.717) is 17.2 Å². The number of aromatic nitrogens is 3. The zero-order valence-electron chi connectivity index (χ0n) is 13.0. The van der Waals surface area contributed by atoms with Gasteiger partial charge in [-0.2, -0.15) is 0 Å². The van der Waals surface area contributed by atoms with Crippen LogP contribution in [0.5, 0.6) is 17.2 Å². The van der Waals surface area contributed by atoms with Gasteiger partial charge in [-0.15, -0.1) is 5.10 Å². The summed E-state index contributed by atoms with van der Waals surface area (Å²) in [5, 5.41) is 17.9. The lowest BCUT2D eigenvalue weighted by molar-refractivity contribution is 0.174. The third-order valence-corrected chi connectivity index (χ3v) is 3.85. The molecule has 0 bridgehead atoms. The third-order valence-electron chi connectivity index (χ3n) is 3.85. The number of rotatable bonds is 4. The summed E-state index contributed by atoms with van der Waals surface area (Å²) in [6.07, 6.45) is 0. The second-order valence-corrected chi connectivity index (χ2v) is 5.22. The number of benzene rings is 2. The van der Waals surface area contributed by atoms with Crippen molar-refractivity contribution in [3.63, 3.8) is 0 Å². The average Bonchev–Trinajstić information content (AvgIpc) is 3.27. The minimum atomic E-state index is -0.202. The van der Waals surface area contributed by atoms with E-state index < -0.39 is 0 Å². The molecule has 24 heavy (non-hydrogen) atoms. The van der Waals surface area contributed by atoms with E-state index in [1.165, 1.54) is 0 Å². The first-order valence-electron chi connectivity index (χ1n) is 7.40. The van der Waals surface area contributed by atoms with Crippen LogP contribution in [0.25, 0.3) is 16.9 Å². The number of hydrogen-bond donors (Lipinski definition) is 1. The molecule has 0 saturated carbocycles. The number of aliphatic hydroxyl groups excluding tert-OH is 1. The summed E-state index contributed by atoms with van der Waals surface area (Å²) in [6.45, 7) is 0.00921. The van der Waals surface area contributed by atoms with E-state index in [-0.39, 0.29) is 13.4 Å². The van der Waals surface area contributed by atoms with Crippen LogP contribution in [0.4, 0.5) is 0 Å². The lowest BCUT2D eigenvalue weighted by Crippen LogP contribution is -2.00. The molecule has 0 atom stereocenters. The van der Waals surface area contributed by atoms with E-state index in [9.17, 15) is 5.11 Å². The molecule has 0 aliphatic carbocycles. The quantitative estimate of drug-likeness (QED) is 0.792. The molecule has 1 aromatic heterocycles. The summed E-state index contributed by atoms with van der Waals surface area (Å²) in [4.78, 5) is 0. The number of aliphatic hydroxyl groups is 1. The first kappa shape index (κ1) is 14.5. The van der Waals surface area contributed by atoms with Gasteiger partial charge >= 0.3 is 0 Å². The highest BCUT2D eigenvalue weighted by molar-refractivity contribution is 5.65. The van der Waals surface area contributed by atoms with Gasteiger partial charge in [0.25, 0.3) is 0 Å². The smallest absolute Gasteiger partial charge is 0.231 e. The molecule has 7 nitrogen and oxygen atoms in total. The standard InChI is InChI=1S/C17H15N3O4/c1-22-13-5-2-11(3-6-13)17-14(9-21)18-19-20(17)12-4-7-15-16(8-12)24-10-23-15/h2-8,21H,9-10H2,1H3. The van der Waals surface area contributed by atoms with Crippen LogP contribution >= 0.6 is 0 Å². The van der Waals surface area contributed by atoms with Crippen LogP contribution in [0.15, 0.2) is 42.5 Å². The molecule has 0 spiro atoms. The first-order chi connectivity index (χ1) is 11.8. The molecule has 2 heterocycles. The summed E-state index contributed by atoms with van der Waals surface area (Å²) in [5.74, 6) is 2.12. The second kappa shape index (κ2) is 5.86. The van der Waals surface area contributed by atoms with Crippen molar-refractivity contribution in [1.82, 2.24) is 15.0 Å². The average molecular weight is 325 g/mol. The summed E-state index contributed by atoms with van der Waals surface area (Å²) >= 11 is 0. The van der Waals surface area contributed by atoms with Crippen molar-refractivity contribution in [1.29, 1.82) is 0 Å². The highest BCUT2D eigenvalue weighted by Gasteiger charge is 2.19. The third kappa shape index (κ3) is 2.35. The van der Waals surface area contributed by atoms with Gasteiger partial charge in [0.15, 0.2) is 11.5 Å². The van der Waals surface area contributed by atoms with Crippen molar-refractivity contribution in [2.75, 3.05) is 13.9 Å². The fraction of sp³-hybridized carbons (Fsp3) is 0.176. The number of hydrogen-bond acceptors (Lipinski definition) is 6. The largest absolute Gasteiger partial charge is 0.497 e. The predicted octanol–water partition coefficient (Wildman–Crippen LogP) is 2.16. The van der Waals surface area contributed by atoms with Crippen LogP contribution in [-0.4, -0.2) is 34.0 Å². The van der Waals surface area contributed by atoms with Crippen molar-refractivity contribution in [2.45, 2.75) is 6.61 Å². The van der Waals surface area contributed by atoms with Gasteiger partial charge in [0.2, 0.25) is 6.79 Å². The summed E-state index contributed by atoms with van der Waals surface area (Å²) < 4.78 is 17.6. The van der Waals surface area contributed by atoms with Gasteiger partial charge in [0.05, 0.1) is 19.4 Å².